The molecule has 2 atom stereocenters. The molecule has 4 bridgehead atoms. The Balaban J connectivity index is 1.41. The average Bonchev–Trinajstić information content (AvgIpc) is 3.55. The van der Waals surface area contributed by atoms with Crippen molar-refractivity contribution < 1.29 is 28.3 Å². The molecule has 0 saturated carbocycles. The minimum Gasteiger partial charge on any atom is -0.457 e. The molecule has 6 rings (SSSR count). The maximum absolute atomic E-state index is 14.2. The summed E-state index contributed by atoms with van der Waals surface area (Å²) in [6, 6.07) is 18.5. The molecule has 224 valence electrons. The van der Waals surface area contributed by atoms with Crippen molar-refractivity contribution in [2.45, 2.75) is 57.2 Å². The van der Waals surface area contributed by atoms with Crippen LogP contribution in [0, 0.1) is 5.82 Å². The number of nitrogens with zero attached hydrogens (tertiary/aromatic N) is 1. The van der Waals surface area contributed by atoms with Gasteiger partial charge in [-0.25, -0.2) is 4.39 Å². The maximum Gasteiger partial charge on any atom is 0.243 e. The van der Waals surface area contributed by atoms with Gasteiger partial charge in [0.05, 0.1) is 6.42 Å². The first-order valence-corrected chi connectivity index (χ1v) is 14.6. The first-order valence-electron chi connectivity index (χ1n) is 14.6. The second-order valence-electron chi connectivity index (χ2n) is 10.9. The summed E-state index contributed by atoms with van der Waals surface area (Å²) in [5.41, 5.74) is 1.93. The number of rotatable bonds is 5. The van der Waals surface area contributed by atoms with E-state index in [0.29, 0.717) is 36.6 Å². The van der Waals surface area contributed by atoms with Crippen molar-refractivity contribution >= 4 is 23.6 Å². The second kappa shape index (κ2) is 14.0. The summed E-state index contributed by atoms with van der Waals surface area (Å²) in [6.45, 7) is 1.14. The van der Waals surface area contributed by atoms with E-state index in [1.54, 1.807) is 47.4 Å². The van der Waals surface area contributed by atoms with Gasteiger partial charge in [-0.2, -0.15) is 0 Å². The van der Waals surface area contributed by atoms with E-state index in [1.165, 1.54) is 6.07 Å². The molecule has 43 heavy (non-hydrogen) atoms. The number of carbonyl (C=O) groups is 4. The standard InChI is InChI=1S/C33H35FN4O5/c34-27-9-2-1-7-24(27)21-35-32(41)28-19-23-10-13-25(14-11-23)43-26-8-5-6-22(18-26)12-15-30(39)36-29(33(42)37-28)20-31(40)38-16-3-4-17-38/h1-2,5-11,13-14,18,28-29H,3-4,12,15-17,19-21H2,(H,35,41)(H,36,39)(H,37,42). The van der Waals surface area contributed by atoms with E-state index in [-0.39, 0.29) is 31.7 Å². The van der Waals surface area contributed by atoms with Gasteiger partial charge in [0.15, 0.2) is 0 Å². The smallest absolute Gasteiger partial charge is 0.243 e. The van der Waals surface area contributed by atoms with Crippen molar-refractivity contribution in [2.24, 2.45) is 0 Å². The molecule has 9 nitrogen and oxygen atoms in total. The number of halogens is 1. The number of aryl methyl sites for hydroxylation is 1. The molecule has 3 N–H and O–H groups in total. The van der Waals surface area contributed by atoms with Crippen molar-refractivity contribution in [2.75, 3.05) is 13.1 Å². The number of carbonyl (C=O) groups excluding carboxylic acids is 4. The lowest BCUT2D eigenvalue weighted by atomic mass is 10.0. The molecule has 3 heterocycles. The van der Waals surface area contributed by atoms with E-state index >= 15 is 0 Å². The van der Waals surface area contributed by atoms with Crippen LogP contribution in [-0.4, -0.2) is 53.7 Å². The molecule has 0 spiro atoms. The van der Waals surface area contributed by atoms with E-state index in [1.807, 2.05) is 24.3 Å². The number of fused-ring (bicyclic) bond motifs is 10. The molecule has 0 radical (unpaired) electrons. The topological polar surface area (TPSA) is 117 Å². The Morgan fingerprint density at radius 2 is 1.65 bits per heavy atom. The first kappa shape index (κ1) is 29.8. The van der Waals surface area contributed by atoms with Gasteiger partial charge in [-0.1, -0.05) is 42.5 Å². The molecular weight excluding hydrogens is 551 g/mol. The maximum atomic E-state index is 14.2. The molecule has 0 aliphatic carbocycles. The summed E-state index contributed by atoms with van der Waals surface area (Å²) >= 11 is 0. The molecule has 3 aromatic rings. The minimum atomic E-state index is -1.17. The predicted molar refractivity (Wildman–Crippen MR) is 158 cm³/mol. The lowest BCUT2D eigenvalue weighted by Crippen LogP contribution is -2.55. The highest BCUT2D eigenvalue weighted by atomic mass is 19.1. The van der Waals surface area contributed by atoms with Crippen LogP contribution in [0.3, 0.4) is 0 Å². The Morgan fingerprint density at radius 1 is 0.884 bits per heavy atom. The van der Waals surface area contributed by atoms with Gasteiger partial charge in [-0.3, -0.25) is 19.2 Å². The number of amides is 4. The van der Waals surface area contributed by atoms with Crippen LogP contribution < -0.4 is 20.7 Å². The van der Waals surface area contributed by atoms with Crippen LogP contribution in [0.5, 0.6) is 11.5 Å². The number of hydrogen-bond donors (Lipinski definition) is 3. The monoisotopic (exact) mass is 586 g/mol. The lowest BCUT2D eigenvalue weighted by molar-refractivity contribution is -0.136. The van der Waals surface area contributed by atoms with Gasteiger partial charge >= 0.3 is 0 Å². The fourth-order valence-electron chi connectivity index (χ4n) is 5.26. The Kier molecular flexibility index (Phi) is 9.66. The van der Waals surface area contributed by atoms with Gasteiger partial charge in [-0.15, -0.1) is 0 Å². The normalized spacial score (nSPS) is 19.1. The zero-order valence-corrected chi connectivity index (χ0v) is 23.8. The molecule has 2 unspecified atom stereocenters. The van der Waals surface area contributed by atoms with Gasteiger partial charge in [0.25, 0.3) is 0 Å². The third-order valence-electron chi connectivity index (χ3n) is 7.67. The predicted octanol–water partition coefficient (Wildman–Crippen LogP) is 3.41. The van der Waals surface area contributed by atoms with E-state index in [4.69, 9.17) is 4.74 Å². The minimum absolute atomic E-state index is 0.0727. The summed E-state index contributed by atoms with van der Waals surface area (Å²) in [4.78, 5) is 54.8. The summed E-state index contributed by atoms with van der Waals surface area (Å²) in [6.07, 6.45) is 2.16. The van der Waals surface area contributed by atoms with Gasteiger partial charge in [0, 0.05) is 38.0 Å². The quantitative estimate of drug-likeness (QED) is 0.424. The Bertz CT molecular complexity index is 1470. The van der Waals surface area contributed by atoms with Crippen molar-refractivity contribution in [3.63, 3.8) is 0 Å². The molecule has 3 aromatic carbocycles. The molecule has 3 aliphatic rings. The summed E-state index contributed by atoms with van der Waals surface area (Å²) < 4.78 is 20.2. The molecule has 4 amide bonds. The van der Waals surface area contributed by atoms with Crippen LogP contribution in [0.2, 0.25) is 0 Å². The first-order chi connectivity index (χ1) is 20.8. The van der Waals surface area contributed by atoms with Crippen LogP contribution in [0.15, 0.2) is 72.8 Å². The molecule has 0 aromatic heterocycles. The highest BCUT2D eigenvalue weighted by molar-refractivity contribution is 5.95. The van der Waals surface area contributed by atoms with E-state index in [0.717, 1.165) is 24.0 Å². The fourth-order valence-corrected chi connectivity index (χ4v) is 5.26. The molecule has 1 saturated heterocycles. The number of hydrogen-bond acceptors (Lipinski definition) is 5. The summed E-state index contributed by atoms with van der Waals surface area (Å²) in [5.74, 6) is -1.04. The van der Waals surface area contributed by atoms with Gasteiger partial charge in [0.2, 0.25) is 23.6 Å². The number of likely N-dealkylation sites (tertiary alicyclic amines) is 1. The van der Waals surface area contributed by atoms with Crippen molar-refractivity contribution in [3.05, 3.63) is 95.3 Å². The lowest BCUT2D eigenvalue weighted by Gasteiger charge is -2.25. The number of nitrogens with one attached hydrogen (secondary N) is 3. The fraction of sp³-hybridized carbons (Fsp3) is 0.333. The zero-order valence-electron chi connectivity index (χ0n) is 23.8. The molecule has 1 fully saturated rings. The van der Waals surface area contributed by atoms with Gasteiger partial charge < -0.3 is 25.6 Å². The van der Waals surface area contributed by atoms with Crippen LogP contribution in [-0.2, 0) is 38.6 Å². The van der Waals surface area contributed by atoms with Crippen LogP contribution in [0.4, 0.5) is 4.39 Å². The van der Waals surface area contributed by atoms with E-state index < -0.39 is 35.6 Å². The van der Waals surface area contributed by atoms with Crippen molar-refractivity contribution in [3.8, 4) is 11.5 Å². The highest BCUT2D eigenvalue weighted by Gasteiger charge is 2.31. The average molecular weight is 587 g/mol. The second-order valence-corrected chi connectivity index (χ2v) is 10.9. The largest absolute Gasteiger partial charge is 0.457 e. The molecule has 3 aliphatic heterocycles. The summed E-state index contributed by atoms with van der Waals surface area (Å²) in [7, 11) is 0. The zero-order chi connectivity index (χ0) is 30.2. The number of benzene rings is 3. The summed E-state index contributed by atoms with van der Waals surface area (Å²) in [5, 5.41) is 8.20. The molecule has 10 heteroatoms. The number of ether oxygens (including phenoxy) is 1. The van der Waals surface area contributed by atoms with Gasteiger partial charge in [-0.05, 0) is 60.7 Å². The Labute approximate surface area is 249 Å². The van der Waals surface area contributed by atoms with E-state index in [2.05, 4.69) is 16.0 Å². The highest BCUT2D eigenvalue weighted by Crippen LogP contribution is 2.24. The third-order valence-corrected chi connectivity index (χ3v) is 7.67. The van der Waals surface area contributed by atoms with Crippen molar-refractivity contribution in [1.29, 1.82) is 0 Å². The van der Waals surface area contributed by atoms with Crippen LogP contribution in [0.1, 0.15) is 42.4 Å². The Morgan fingerprint density at radius 3 is 2.42 bits per heavy atom. The van der Waals surface area contributed by atoms with Crippen LogP contribution >= 0.6 is 0 Å². The van der Waals surface area contributed by atoms with E-state index in [9.17, 15) is 23.6 Å². The SMILES string of the molecule is O=C1CCc2cccc(c2)Oc2ccc(cc2)CC(C(=O)NCc2ccccc2F)NC(=O)C(CC(=O)N2CCCC2)N1. The third kappa shape index (κ3) is 8.18. The Hall–Kier alpha value is -4.73. The van der Waals surface area contributed by atoms with Crippen molar-refractivity contribution in [1.82, 2.24) is 20.9 Å². The molecular formula is C33H35FN4O5. The van der Waals surface area contributed by atoms with Crippen LogP contribution in [0.25, 0.3) is 0 Å². The van der Waals surface area contributed by atoms with Gasteiger partial charge in [0.1, 0.15) is 29.4 Å².